The van der Waals surface area contributed by atoms with E-state index in [4.69, 9.17) is 27.1 Å². The Labute approximate surface area is 174 Å². The number of aliphatic imine (C=N–C) groups is 1. The van der Waals surface area contributed by atoms with Gasteiger partial charge in [0.25, 0.3) is 0 Å². The molecule has 4 rings (SSSR count). The van der Waals surface area contributed by atoms with Crippen molar-refractivity contribution in [3.05, 3.63) is 70.0 Å². The van der Waals surface area contributed by atoms with Crippen LogP contribution >= 0.6 is 11.6 Å². The van der Waals surface area contributed by atoms with Crippen molar-refractivity contribution in [1.29, 1.82) is 0 Å². The molecule has 5 nitrogen and oxygen atoms in total. The Hall–Kier alpha value is -2.44. The third-order valence-corrected chi connectivity index (χ3v) is 6.06. The molecule has 0 aromatic heterocycles. The van der Waals surface area contributed by atoms with Crippen LogP contribution < -0.4 is 5.73 Å². The van der Waals surface area contributed by atoms with E-state index in [0.29, 0.717) is 24.7 Å². The summed E-state index contributed by atoms with van der Waals surface area (Å²) in [5.74, 6) is -0.140. The van der Waals surface area contributed by atoms with Crippen LogP contribution in [-0.4, -0.2) is 36.0 Å². The maximum absolute atomic E-state index is 13.2. The first kappa shape index (κ1) is 19.9. The Morgan fingerprint density at radius 1 is 1.31 bits per heavy atom. The van der Waals surface area contributed by atoms with Gasteiger partial charge in [-0.1, -0.05) is 41.9 Å². The summed E-state index contributed by atoms with van der Waals surface area (Å²) in [6.45, 7) is 2.98. The van der Waals surface area contributed by atoms with Crippen molar-refractivity contribution in [3.63, 3.8) is 0 Å². The van der Waals surface area contributed by atoms with Crippen LogP contribution in [0.5, 0.6) is 0 Å². The molecular formula is C22H23ClFN3O2. The van der Waals surface area contributed by atoms with Crippen LogP contribution in [0, 0.1) is 5.82 Å². The summed E-state index contributed by atoms with van der Waals surface area (Å²) >= 11 is 6.74. The Morgan fingerprint density at radius 2 is 2.07 bits per heavy atom. The van der Waals surface area contributed by atoms with Crippen molar-refractivity contribution in [2.45, 2.75) is 37.8 Å². The van der Waals surface area contributed by atoms with E-state index >= 15 is 0 Å². The quantitative estimate of drug-likeness (QED) is 0.829. The molecular weight excluding hydrogens is 393 g/mol. The van der Waals surface area contributed by atoms with E-state index in [-0.39, 0.29) is 30.1 Å². The predicted molar refractivity (Wildman–Crippen MR) is 110 cm³/mol. The molecule has 0 bridgehead atoms. The second kappa shape index (κ2) is 7.76. The fraction of sp³-hybridized carbons (Fsp3) is 0.364. The van der Waals surface area contributed by atoms with E-state index in [1.54, 1.807) is 17.0 Å². The largest absolute Gasteiger partial charge is 0.379 e. The maximum Gasteiger partial charge on any atom is 0.232 e. The van der Waals surface area contributed by atoms with Crippen molar-refractivity contribution in [2.75, 3.05) is 13.2 Å². The third kappa shape index (κ3) is 3.87. The van der Waals surface area contributed by atoms with Crippen LogP contribution in [0.4, 0.5) is 4.39 Å². The van der Waals surface area contributed by atoms with E-state index in [1.165, 1.54) is 12.1 Å². The molecule has 0 aliphatic carbocycles. The lowest BCUT2D eigenvalue weighted by Gasteiger charge is -2.38. The molecule has 0 saturated carbocycles. The third-order valence-electron chi connectivity index (χ3n) is 5.61. The zero-order valence-electron chi connectivity index (χ0n) is 16.2. The summed E-state index contributed by atoms with van der Waals surface area (Å²) in [4.78, 5) is 19.2. The van der Waals surface area contributed by atoms with Gasteiger partial charge in [0.05, 0.1) is 24.6 Å². The van der Waals surface area contributed by atoms with Gasteiger partial charge in [-0.15, -0.1) is 0 Å². The molecule has 2 aromatic carbocycles. The molecule has 2 aromatic rings. The summed E-state index contributed by atoms with van der Waals surface area (Å²) in [5, 5.41) is 0.557. The minimum Gasteiger partial charge on any atom is -0.379 e. The van der Waals surface area contributed by atoms with Crippen molar-refractivity contribution in [2.24, 2.45) is 10.7 Å². The van der Waals surface area contributed by atoms with Gasteiger partial charge in [0, 0.05) is 11.6 Å². The summed E-state index contributed by atoms with van der Waals surface area (Å²) in [6, 6.07) is 12.0. The van der Waals surface area contributed by atoms with Gasteiger partial charge < -0.3 is 10.5 Å². The monoisotopic (exact) mass is 415 g/mol. The normalized spacial score (nSPS) is 24.7. The van der Waals surface area contributed by atoms with Crippen molar-refractivity contribution in [1.82, 2.24) is 4.90 Å². The number of hydrogen-bond acceptors (Lipinski definition) is 4. The highest BCUT2D eigenvalue weighted by molar-refractivity contribution is 6.32. The Kier molecular flexibility index (Phi) is 5.32. The fourth-order valence-corrected chi connectivity index (χ4v) is 4.48. The first-order valence-corrected chi connectivity index (χ1v) is 10.0. The van der Waals surface area contributed by atoms with E-state index in [0.717, 1.165) is 23.1 Å². The number of hydrogen-bond donors (Lipinski definition) is 1. The molecule has 2 atom stereocenters. The number of nitrogens with zero attached hydrogens (tertiary/aromatic N) is 2. The SMILES string of the molecule is C[C@@]1(c2cccc(Cc3ccc(F)cc3)c2Cl)CC(=O)N([C@@H]2CCOC2)C(N)=N1. The number of rotatable bonds is 4. The van der Waals surface area contributed by atoms with Crippen LogP contribution in [0.3, 0.4) is 0 Å². The predicted octanol–water partition coefficient (Wildman–Crippen LogP) is 3.62. The molecule has 0 spiro atoms. The van der Waals surface area contributed by atoms with Gasteiger partial charge in [-0.2, -0.15) is 0 Å². The van der Waals surface area contributed by atoms with Crippen LogP contribution in [0.1, 0.15) is 36.5 Å². The number of ether oxygens (including phenoxy) is 1. The smallest absolute Gasteiger partial charge is 0.232 e. The Bertz CT molecular complexity index is 957. The molecule has 29 heavy (non-hydrogen) atoms. The highest BCUT2D eigenvalue weighted by atomic mass is 35.5. The number of guanidine groups is 1. The summed E-state index contributed by atoms with van der Waals surface area (Å²) < 4.78 is 18.6. The van der Waals surface area contributed by atoms with E-state index in [1.807, 2.05) is 25.1 Å². The lowest BCUT2D eigenvalue weighted by molar-refractivity contribution is -0.131. The topological polar surface area (TPSA) is 67.9 Å². The van der Waals surface area contributed by atoms with Crippen molar-refractivity contribution < 1.29 is 13.9 Å². The standard InChI is InChI=1S/C22H23ClFN3O2/c1-22(12-19(28)27(21(25)26-22)17-9-10-29-13-17)18-4-2-3-15(20(18)23)11-14-5-7-16(24)8-6-14/h2-8,17H,9-13H2,1H3,(H2,25,26)/t17-,22+/m1/s1. The molecule has 1 amide bonds. The molecule has 7 heteroatoms. The summed E-state index contributed by atoms with van der Waals surface area (Å²) in [6.07, 6.45) is 1.50. The molecule has 2 heterocycles. The van der Waals surface area contributed by atoms with Gasteiger partial charge in [-0.3, -0.25) is 9.69 Å². The highest BCUT2D eigenvalue weighted by Gasteiger charge is 2.42. The second-order valence-corrected chi connectivity index (χ2v) is 8.16. The van der Waals surface area contributed by atoms with Crippen LogP contribution in [-0.2, 0) is 21.5 Å². The fourth-order valence-electron chi connectivity index (χ4n) is 4.08. The number of carbonyl (C=O) groups excluding carboxylic acids is 1. The zero-order valence-corrected chi connectivity index (χ0v) is 17.0. The second-order valence-electron chi connectivity index (χ2n) is 7.78. The van der Waals surface area contributed by atoms with Gasteiger partial charge >= 0.3 is 0 Å². The Balaban J connectivity index is 1.65. The first-order chi connectivity index (χ1) is 13.9. The molecule has 2 aliphatic heterocycles. The van der Waals surface area contributed by atoms with Crippen LogP contribution in [0.2, 0.25) is 5.02 Å². The lowest BCUT2D eigenvalue weighted by Crippen LogP contribution is -2.54. The maximum atomic E-state index is 13.2. The average Bonchev–Trinajstić information content (AvgIpc) is 3.18. The van der Waals surface area contributed by atoms with Gasteiger partial charge in [0.15, 0.2) is 5.96 Å². The molecule has 2 aliphatic rings. The number of benzene rings is 2. The molecule has 1 saturated heterocycles. The lowest BCUT2D eigenvalue weighted by atomic mass is 9.85. The van der Waals surface area contributed by atoms with Crippen molar-refractivity contribution in [3.8, 4) is 0 Å². The van der Waals surface area contributed by atoms with E-state index in [9.17, 15) is 9.18 Å². The number of nitrogens with two attached hydrogens (primary N) is 1. The van der Waals surface area contributed by atoms with Gasteiger partial charge in [0.2, 0.25) is 5.91 Å². The molecule has 1 fully saturated rings. The number of carbonyl (C=O) groups is 1. The number of amides is 1. The summed E-state index contributed by atoms with van der Waals surface area (Å²) in [7, 11) is 0. The first-order valence-electron chi connectivity index (χ1n) is 9.65. The van der Waals surface area contributed by atoms with Crippen LogP contribution in [0.15, 0.2) is 47.5 Å². The van der Waals surface area contributed by atoms with Gasteiger partial charge in [-0.05, 0) is 48.6 Å². The van der Waals surface area contributed by atoms with Crippen molar-refractivity contribution >= 4 is 23.5 Å². The highest BCUT2D eigenvalue weighted by Crippen LogP contribution is 2.39. The molecule has 152 valence electrons. The molecule has 2 N–H and O–H groups in total. The average molecular weight is 416 g/mol. The minimum absolute atomic E-state index is 0.0592. The Morgan fingerprint density at radius 3 is 2.72 bits per heavy atom. The molecule has 0 radical (unpaired) electrons. The van der Waals surface area contributed by atoms with Crippen LogP contribution in [0.25, 0.3) is 0 Å². The van der Waals surface area contributed by atoms with E-state index < -0.39 is 5.54 Å². The summed E-state index contributed by atoms with van der Waals surface area (Å²) in [5.41, 5.74) is 7.97. The zero-order chi connectivity index (χ0) is 20.6. The minimum atomic E-state index is -0.840. The van der Waals surface area contributed by atoms with E-state index in [2.05, 4.69) is 0 Å². The number of halogens is 2. The van der Waals surface area contributed by atoms with Gasteiger partial charge in [-0.25, -0.2) is 9.38 Å². The van der Waals surface area contributed by atoms with Gasteiger partial charge in [0.1, 0.15) is 5.82 Å². The molecule has 0 unspecified atom stereocenters.